The van der Waals surface area contributed by atoms with E-state index in [-0.39, 0.29) is 12.3 Å². The largest absolute Gasteiger partial charge is 0.465 e. The van der Waals surface area contributed by atoms with Crippen LogP contribution in [0.5, 0.6) is 0 Å². The minimum Gasteiger partial charge on any atom is -0.465 e. The molecule has 0 aliphatic rings. The summed E-state index contributed by atoms with van der Waals surface area (Å²) in [4.78, 5) is 24.0. The lowest BCUT2D eigenvalue weighted by Gasteiger charge is -2.09. The van der Waals surface area contributed by atoms with Crippen molar-refractivity contribution in [1.82, 2.24) is 9.78 Å². The highest BCUT2D eigenvalue weighted by Gasteiger charge is 2.12. The fraction of sp³-hybridized carbons (Fsp3) is 0.211. The van der Waals surface area contributed by atoms with E-state index in [2.05, 4.69) is 10.4 Å². The number of carbonyl (C=O) groups is 2. The lowest BCUT2D eigenvalue weighted by Crippen LogP contribution is -2.15. The van der Waals surface area contributed by atoms with Crippen molar-refractivity contribution in [2.75, 3.05) is 12.4 Å². The molecule has 3 rings (SSSR count). The minimum atomic E-state index is -0.432. The second kappa shape index (κ2) is 7.58. The molecule has 0 radical (unpaired) electrons. The highest BCUT2D eigenvalue weighted by molar-refractivity contribution is 6.35. The number of aryl methyl sites for hydroxylation is 2. The van der Waals surface area contributed by atoms with Crippen LogP contribution in [0.3, 0.4) is 0 Å². The molecule has 0 atom stereocenters. The number of amides is 1. The first-order valence-corrected chi connectivity index (χ1v) is 8.46. The zero-order valence-corrected chi connectivity index (χ0v) is 15.2. The van der Waals surface area contributed by atoms with Gasteiger partial charge in [-0.05, 0) is 36.8 Å². The summed E-state index contributed by atoms with van der Waals surface area (Å²) in [5.41, 5.74) is 2.65. The number of benzene rings is 2. The van der Waals surface area contributed by atoms with Crippen molar-refractivity contribution in [1.29, 1.82) is 0 Å². The topological polar surface area (TPSA) is 73.2 Å². The Morgan fingerprint density at radius 2 is 2.08 bits per heavy atom. The fourth-order valence-corrected chi connectivity index (χ4v) is 2.93. The van der Waals surface area contributed by atoms with Crippen molar-refractivity contribution in [3.8, 4) is 0 Å². The van der Waals surface area contributed by atoms with Crippen LogP contribution in [0, 0.1) is 6.92 Å². The molecule has 1 aromatic heterocycles. The highest BCUT2D eigenvalue weighted by Crippen LogP contribution is 2.23. The van der Waals surface area contributed by atoms with E-state index in [1.807, 2.05) is 19.1 Å². The van der Waals surface area contributed by atoms with Crippen LogP contribution in [0.15, 0.2) is 42.6 Å². The number of hydrogen-bond acceptors (Lipinski definition) is 4. The zero-order chi connectivity index (χ0) is 18.7. The van der Waals surface area contributed by atoms with E-state index in [0.717, 1.165) is 16.5 Å². The molecule has 0 saturated carbocycles. The predicted molar refractivity (Wildman–Crippen MR) is 101 cm³/mol. The lowest BCUT2D eigenvalue weighted by molar-refractivity contribution is -0.116. The average Bonchev–Trinajstić information content (AvgIpc) is 3.05. The molecular weight excluding hydrogens is 354 g/mol. The van der Waals surface area contributed by atoms with Gasteiger partial charge in [0.15, 0.2) is 0 Å². The molecule has 1 N–H and O–H groups in total. The van der Waals surface area contributed by atoms with Crippen molar-refractivity contribution < 1.29 is 14.3 Å². The van der Waals surface area contributed by atoms with Crippen LogP contribution in [-0.2, 0) is 16.1 Å². The number of anilines is 1. The van der Waals surface area contributed by atoms with Gasteiger partial charge in [-0.1, -0.05) is 23.7 Å². The summed E-state index contributed by atoms with van der Waals surface area (Å²) < 4.78 is 6.50. The molecule has 1 heterocycles. The molecule has 2 aromatic carbocycles. The predicted octanol–water partition coefficient (Wildman–Crippen LogP) is 3.81. The SMILES string of the molecule is COC(=O)c1cc(NC(=O)CCn2ncc3c(Cl)cccc32)ccc1C. The molecule has 134 valence electrons. The van der Waals surface area contributed by atoms with Crippen LogP contribution in [-0.4, -0.2) is 28.8 Å². The summed E-state index contributed by atoms with van der Waals surface area (Å²) in [6, 6.07) is 10.7. The molecule has 26 heavy (non-hydrogen) atoms. The summed E-state index contributed by atoms with van der Waals surface area (Å²) in [6.45, 7) is 2.23. The van der Waals surface area contributed by atoms with Crippen molar-refractivity contribution in [3.05, 3.63) is 58.7 Å². The third-order valence-corrected chi connectivity index (χ3v) is 4.44. The van der Waals surface area contributed by atoms with E-state index in [4.69, 9.17) is 16.3 Å². The number of ether oxygens (including phenoxy) is 1. The molecule has 0 saturated heterocycles. The van der Waals surface area contributed by atoms with E-state index in [1.54, 1.807) is 35.1 Å². The van der Waals surface area contributed by atoms with Crippen LogP contribution >= 0.6 is 11.6 Å². The number of nitrogens with one attached hydrogen (secondary N) is 1. The van der Waals surface area contributed by atoms with Gasteiger partial charge in [-0.2, -0.15) is 5.10 Å². The Labute approximate surface area is 155 Å². The molecule has 3 aromatic rings. The van der Waals surface area contributed by atoms with Crippen molar-refractivity contribution in [2.24, 2.45) is 0 Å². The van der Waals surface area contributed by atoms with E-state index >= 15 is 0 Å². The standard InChI is InChI=1S/C19H18ClN3O3/c1-12-6-7-13(10-14(12)19(25)26-2)22-18(24)8-9-23-17-5-3-4-16(20)15(17)11-21-23/h3-7,10-11H,8-9H2,1-2H3,(H,22,24). The normalized spacial score (nSPS) is 10.7. The molecule has 0 unspecified atom stereocenters. The summed E-state index contributed by atoms with van der Waals surface area (Å²) in [7, 11) is 1.33. The maximum Gasteiger partial charge on any atom is 0.338 e. The third kappa shape index (κ3) is 3.70. The van der Waals surface area contributed by atoms with E-state index in [9.17, 15) is 9.59 Å². The Morgan fingerprint density at radius 1 is 1.27 bits per heavy atom. The minimum absolute atomic E-state index is 0.171. The maximum atomic E-state index is 12.3. The van der Waals surface area contributed by atoms with Crippen molar-refractivity contribution >= 4 is 40.1 Å². The van der Waals surface area contributed by atoms with Gasteiger partial charge < -0.3 is 10.1 Å². The molecule has 0 bridgehead atoms. The summed E-state index contributed by atoms with van der Waals surface area (Å²) in [5.74, 6) is -0.603. The molecule has 0 fully saturated rings. The molecule has 0 aliphatic heterocycles. The Bertz CT molecular complexity index is 981. The molecule has 1 amide bonds. The highest BCUT2D eigenvalue weighted by atomic mass is 35.5. The molecule has 0 aliphatic carbocycles. The van der Waals surface area contributed by atoms with Crippen LogP contribution in [0.1, 0.15) is 22.3 Å². The van der Waals surface area contributed by atoms with Gasteiger partial charge in [0.2, 0.25) is 5.91 Å². The molecule has 7 heteroatoms. The molecule has 0 spiro atoms. The molecular formula is C19H18ClN3O3. The summed E-state index contributed by atoms with van der Waals surface area (Å²) >= 11 is 6.14. The van der Waals surface area contributed by atoms with Gasteiger partial charge in [0.05, 0.1) is 36.0 Å². The Kier molecular flexibility index (Phi) is 5.23. The second-order valence-corrected chi connectivity index (χ2v) is 6.27. The van der Waals surface area contributed by atoms with Gasteiger partial charge in [-0.25, -0.2) is 4.79 Å². The average molecular weight is 372 g/mol. The second-order valence-electron chi connectivity index (χ2n) is 5.86. The summed E-state index contributed by atoms with van der Waals surface area (Å²) in [6.07, 6.45) is 1.93. The number of esters is 1. The van der Waals surface area contributed by atoms with Crippen LogP contribution in [0.25, 0.3) is 10.9 Å². The monoisotopic (exact) mass is 371 g/mol. The summed E-state index contributed by atoms with van der Waals surface area (Å²) in [5, 5.41) is 8.57. The van der Waals surface area contributed by atoms with E-state index in [0.29, 0.717) is 22.8 Å². The first-order chi connectivity index (χ1) is 12.5. The fourth-order valence-electron chi connectivity index (χ4n) is 2.71. The number of fused-ring (bicyclic) bond motifs is 1. The van der Waals surface area contributed by atoms with E-state index < -0.39 is 5.97 Å². The first kappa shape index (κ1) is 17.9. The Morgan fingerprint density at radius 3 is 2.85 bits per heavy atom. The first-order valence-electron chi connectivity index (χ1n) is 8.08. The Balaban J connectivity index is 1.67. The maximum absolute atomic E-state index is 12.3. The Hall–Kier alpha value is -2.86. The quantitative estimate of drug-likeness (QED) is 0.692. The number of aromatic nitrogens is 2. The number of rotatable bonds is 5. The number of carbonyl (C=O) groups excluding carboxylic acids is 2. The van der Waals surface area contributed by atoms with Gasteiger partial charge in [0.1, 0.15) is 0 Å². The number of methoxy groups -OCH3 is 1. The van der Waals surface area contributed by atoms with E-state index in [1.165, 1.54) is 7.11 Å². The zero-order valence-electron chi connectivity index (χ0n) is 14.5. The van der Waals surface area contributed by atoms with Gasteiger partial charge in [0.25, 0.3) is 0 Å². The third-order valence-electron chi connectivity index (χ3n) is 4.11. The van der Waals surface area contributed by atoms with Crippen LogP contribution < -0.4 is 5.32 Å². The van der Waals surface area contributed by atoms with Gasteiger partial charge >= 0.3 is 5.97 Å². The molecule has 6 nitrogen and oxygen atoms in total. The lowest BCUT2D eigenvalue weighted by atomic mass is 10.1. The number of halogens is 1. The van der Waals surface area contributed by atoms with Crippen LogP contribution in [0.4, 0.5) is 5.69 Å². The van der Waals surface area contributed by atoms with Crippen molar-refractivity contribution in [3.63, 3.8) is 0 Å². The van der Waals surface area contributed by atoms with Gasteiger partial charge in [-0.3, -0.25) is 9.48 Å². The smallest absolute Gasteiger partial charge is 0.338 e. The van der Waals surface area contributed by atoms with Crippen LogP contribution in [0.2, 0.25) is 5.02 Å². The van der Waals surface area contributed by atoms with Gasteiger partial charge in [-0.15, -0.1) is 0 Å². The number of nitrogens with zero attached hydrogens (tertiary/aromatic N) is 2. The van der Waals surface area contributed by atoms with Gasteiger partial charge in [0, 0.05) is 17.5 Å². The van der Waals surface area contributed by atoms with Crippen molar-refractivity contribution in [2.45, 2.75) is 19.9 Å². The number of hydrogen-bond donors (Lipinski definition) is 1.